The molecule has 3 N–H and O–H groups in total. The Balaban J connectivity index is 1.56. The van der Waals surface area contributed by atoms with Gasteiger partial charge in [-0.15, -0.1) is 5.10 Å². The Morgan fingerprint density at radius 1 is 1.14 bits per heavy atom. The maximum Gasteiger partial charge on any atom is 0.247 e. The molecule has 1 aliphatic rings. The molecule has 36 heavy (non-hydrogen) atoms. The molecular formula is C26H24N4O5S. The number of thioether (sulfide) groups is 1. The summed E-state index contributed by atoms with van der Waals surface area (Å²) in [4.78, 5) is 27.3. The molecule has 0 saturated carbocycles. The van der Waals surface area contributed by atoms with Crippen molar-refractivity contribution in [3.05, 3.63) is 77.9 Å². The highest BCUT2D eigenvalue weighted by atomic mass is 32.2. The molecule has 184 valence electrons. The van der Waals surface area contributed by atoms with Gasteiger partial charge in [-0.05, 0) is 55.0 Å². The number of phenolic OH excluding ortho intramolecular Hbond substituents is 2. The largest absolute Gasteiger partial charge is 0.508 e. The average molecular weight is 505 g/mol. The number of nitrogens with zero attached hydrogens (tertiary/aromatic N) is 3. The monoisotopic (exact) mass is 504 g/mol. The number of amidine groups is 1. The van der Waals surface area contributed by atoms with E-state index in [1.807, 2.05) is 19.1 Å². The first-order chi connectivity index (χ1) is 17.3. The van der Waals surface area contributed by atoms with Gasteiger partial charge in [0.05, 0.1) is 19.0 Å². The molecule has 0 bridgehead atoms. The molecule has 0 aliphatic carbocycles. The Kier molecular flexibility index (Phi) is 7.55. The lowest BCUT2D eigenvalue weighted by atomic mass is 10.2. The van der Waals surface area contributed by atoms with E-state index in [1.54, 1.807) is 36.4 Å². The Bertz CT molecular complexity index is 1340. The van der Waals surface area contributed by atoms with Gasteiger partial charge in [0.2, 0.25) is 11.8 Å². The van der Waals surface area contributed by atoms with Crippen molar-refractivity contribution in [2.24, 2.45) is 10.2 Å². The van der Waals surface area contributed by atoms with Crippen LogP contribution in [0.2, 0.25) is 0 Å². The molecule has 3 aromatic rings. The minimum Gasteiger partial charge on any atom is -0.508 e. The molecule has 4 rings (SSSR count). The molecule has 1 aliphatic heterocycles. The van der Waals surface area contributed by atoms with Crippen molar-refractivity contribution in [2.75, 3.05) is 17.3 Å². The summed E-state index contributed by atoms with van der Waals surface area (Å²) in [5.41, 5.74) is 2.76. The molecule has 0 spiro atoms. The Hall–Kier alpha value is -4.31. The van der Waals surface area contributed by atoms with E-state index in [9.17, 15) is 19.8 Å². The highest BCUT2D eigenvalue weighted by molar-refractivity contribution is 8.16. The normalized spacial score (nSPS) is 16.6. The zero-order valence-corrected chi connectivity index (χ0v) is 20.4. The number of rotatable bonds is 7. The summed E-state index contributed by atoms with van der Waals surface area (Å²) >= 11 is 1.12. The molecule has 0 radical (unpaired) electrons. The van der Waals surface area contributed by atoms with E-state index in [0.717, 1.165) is 17.3 Å². The number of aromatic hydroxyl groups is 2. The van der Waals surface area contributed by atoms with Gasteiger partial charge in [0.15, 0.2) is 16.7 Å². The van der Waals surface area contributed by atoms with Crippen molar-refractivity contribution < 1.29 is 24.5 Å². The highest BCUT2D eigenvalue weighted by Gasteiger charge is 2.40. The second-order valence-electron chi connectivity index (χ2n) is 7.98. The molecule has 2 amide bonds. The summed E-state index contributed by atoms with van der Waals surface area (Å²) < 4.78 is 5.10. The maximum absolute atomic E-state index is 13.3. The van der Waals surface area contributed by atoms with Gasteiger partial charge in [-0.25, -0.2) is 0 Å². The van der Waals surface area contributed by atoms with Gasteiger partial charge in [0, 0.05) is 18.2 Å². The number of hydrogen-bond donors (Lipinski definition) is 3. The van der Waals surface area contributed by atoms with E-state index < -0.39 is 5.25 Å². The first kappa shape index (κ1) is 24.8. The number of ether oxygens (including phenoxy) is 1. The molecule has 1 saturated heterocycles. The third-order valence-corrected chi connectivity index (χ3v) is 6.41. The van der Waals surface area contributed by atoms with E-state index in [4.69, 9.17) is 4.74 Å². The quantitative estimate of drug-likeness (QED) is 0.326. The van der Waals surface area contributed by atoms with E-state index in [0.29, 0.717) is 16.9 Å². The summed E-state index contributed by atoms with van der Waals surface area (Å²) in [7, 11) is 1.44. The average Bonchev–Trinajstić information content (AvgIpc) is 3.16. The number of amides is 2. The Labute approximate surface area is 212 Å². The fraction of sp³-hybridized carbons (Fsp3) is 0.154. The number of hydrogen-bond acceptors (Lipinski definition) is 8. The molecule has 0 aromatic heterocycles. The van der Waals surface area contributed by atoms with Crippen LogP contribution in [0.4, 0.5) is 11.4 Å². The second-order valence-corrected chi connectivity index (χ2v) is 9.15. The van der Waals surface area contributed by atoms with Crippen LogP contribution in [0.5, 0.6) is 17.2 Å². The van der Waals surface area contributed by atoms with Crippen LogP contribution in [0, 0.1) is 6.92 Å². The number of nitrogens with one attached hydrogen (secondary N) is 1. The predicted molar refractivity (Wildman–Crippen MR) is 141 cm³/mol. The predicted octanol–water partition coefficient (Wildman–Crippen LogP) is 4.28. The summed E-state index contributed by atoms with van der Waals surface area (Å²) in [5.74, 6) is -0.367. The Morgan fingerprint density at radius 3 is 2.64 bits per heavy atom. The molecule has 1 heterocycles. The second kappa shape index (κ2) is 11.0. The standard InChI is InChI=1S/C26H24N4O5S/c1-16-6-9-18(10-7-16)28-24(33)14-23-25(34)30(19-4-3-5-20(31)13-19)26(36-23)29-27-15-17-8-11-21(32)22(12-17)35-2/h3-13,15,23,31-32H,14H2,1-2H3,(H,28,33). The smallest absolute Gasteiger partial charge is 0.247 e. The van der Waals surface area contributed by atoms with Gasteiger partial charge < -0.3 is 20.3 Å². The first-order valence-electron chi connectivity index (χ1n) is 11.0. The van der Waals surface area contributed by atoms with Crippen LogP contribution in [0.25, 0.3) is 0 Å². The maximum atomic E-state index is 13.3. The van der Waals surface area contributed by atoms with Crippen LogP contribution in [-0.2, 0) is 9.59 Å². The third-order valence-electron chi connectivity index (χ3n) is 5.28. The lowest BCUT2D eigenvalue weighted by Crippen LogP contribution is -2.33. The molecule has 9 nitrogen and oxygen atoms in total. The van der Waals surface area contributed by atoms with Gasteiger partial charge in [0.25, 0.3) is 0 Å². The number of carbonyl (C=O) groups is 2. The van der Waals surface area contributed by atoms with Crippen molar-refractivity contribution >= 4 is 46.3 Å². The number of methoxy groups -OCH3 is 1. The fourth-order valence-electron chi connectivity index (χ4n) is 3.47. The summed E-state index contributed by atoms with van der Waals surface area (Å²) in [6, 6.07) is 18.3. The zero-order valence-electron chi connectivity index (χ0n) is 19.6. The molecule has 3 aromatic carbocycles. The van der Waals surface area contributed by atoms with Crippen molar-refractivity contribution in [1.82, 2.24) is 0 Å². The van der Waals surface area contributed by atoms with Crippen LogP contribution in [0.1, 0.15) is 17.5 Å². The topological polar surface area (TPSA) is 124 Å². The van der Waals surface area contributed by atoms with E-state index >= 15 is 0 Å². The zero-order chi connectivity index (χ0) is 25.7. The van der Waals surface area contributed by atoms with Crippen LogP contribution >= 0.6 is 11.8 Å². The molecule has 1 unspecified atom stereocenters. The number of carbonyl (C=O) groups excluding carboxylic acids is 2. The van der Waals surface area contributed by atoms with Crippen molar-refractivity contribution in [3.8, 4) is 17.2 Å². The lowest BCUT2D eigenvalue weighted by Gasteiger charge is -2.16. The van der Waals surface area contributed by atoms with Crippen LogP contribution in [-0.4, -0.2) is 45.8 Å². The summed E-state index contributed by atoms with van der Waals surface area (Å²) in [6.45, 7) is 1.96. The van der Waals surface area contributed by atoms with Gasteiger partial charge in [-0.3, -0.25) is 14.5 Å². The van der Waals surface area contributed by atoms with Gasteiger partial charge in [-0.2, -0.15) is 5.10 Å². The van der Waals surface area contributed by atoms with E-state index in [-0.39, 0.29) is 40.7 Å². The van der Waals surface area contributed by atoms with Crippen LogP contribution < -0.4 is 15.0 Å². The third kappa shape index (κ3) is 5.84. The molecular weight excluding hydrogens is 480 g/mol. The molecule has 10 heteroatoms. The molecule has 1 atom stereocenters. The Morgan fingerprint density at radius 2 is 1.92 bits per heavy atom. The lowest BCUT2D eigenvalue weighted by molar-refractivity contribution is -0.121. The van der Waals surface area contributed by atoms with Crippen molar-refractivity contribution in [3.63, 3.8) is 0 Å². The van der Waals surface area contributed by atoms with E-state index in [1.165, 1.54) is 36.4 Å². The number of phenols is 2. The van der Waals surface area contributed by atoms with Crippen LogP contribution in [0.3, 0.4) is 0 Å². The van der Waals surface area contributed by atoms with Gasteiger partial charge >= 0.3 is 0 Å². The number of benzene rings is 3. The summed E-state index contributed by atoms with van der Waals surface area (Å²) in [6.07, 6.45) is 1.39. The highest BCUT2D eigenvalue weighted by Crippen LogP contribution is 2.35. The summed E-state index contributed by atoms with van der Waals surface area (Å²) in [5, 5.41) is 30.4. The van der Waals surface area contributed by atoms with Crippen molar-refractivity contribution in [2.45, 2.75) is 18.6 Å². The number of aryl methyl sites for hydroxylation is 1. The fourth-order valence-corrected chi connectivity index (χ4v) is 4.56. The van der Waals surface area contributed by atoms with Gasteiger partial charge in [-0.1, -0.05) is 35.5 Å². The molecule has 1 fully saturated rings. The van der Waals surface area contributed by atoms with Gasteiger partial charge in [0.1, 0.15) is 11.0 Å². The van der Waals surface area contributed by atoms with E-state index in [2.05, 4.69) is 15.5 Å². The van der Waals surface area contributed by atoms with Crippen LogP contribution in [0.15, 0.2) is 76.9 Å². The SMILES string of the molecule is COc1cc(C=NN=C2SC(CC(=O)Nc3ccc(C)cc3)C(=O)N2c2cccc(O)c2)ccc1O. The number of anilines is 2. The first-order valence-corrected chi connectivity index (χ1v) is 11.9. The minimum atomic E-state index is -0.722. The van der Waals surface area contributed by atoms with Crippen molar-refractivity contribution in [1.29, 1.82) is 0 Å². The minimum absolute atomic E-state index is 0.000255.